The number of fused-ring (bicyclic) bond motifs is 7. The highest BCUT2D eigenvalue weighted by molar-refractivity contribution is 6.10. The second-order valence-electron chi connectivity index (χ2n) is 15.6. The van der Waals surface area contributed by atoms with Gasteiger partial charge < -0.3 is 13.9 Å². The van der Waals surface area contributed by atoms with Gasteiger partial charge >= 0.3 is 0 Å². The van der Waals surface area contributed by atoms with Crippen molar-refractivity contribution in [1.29, 1.82) is 0 Å². The maximum atomic E-state index is 6.43. The summed E-state index contributed by atoms with van der Waals surface area (Å²) in [4.78, 5) is 7.20. The average molecular weight is 780 g/mol. The standard InChI is InChI=1S/C57H37N3O/c1-3-12-42(13-4-1)57-58-53-34-27-41-20-22-45(36-52(41)56(53)61-57)40-25-30-48(31-26-40)59(47-28-23-39(24-29-47)44-21-19-38-11-7-8-14-43(38)35-44)49-32-33-51-50-17-9-10-18-54(50)60(55(51)37-49)46-15-5-2-6-16-46/h1-37H. The Morgan fingerprint density at radius 1 is 0.361 bits per heavy atom. The molecule has 0 saturated carbocycles. The molecule has 12 aromatic rings. The number of oxazole rings is 1. The summed E-state index contributed by atoms with van der Waals surface area (Å²) >= 11 is 0. The Labute approximate surface area is 352 Å². The molecule has 0 bridgehead atoms. The van der Waals surface area contributed by atoms with Crippen LogP contribution in [0.25, 0.3) is 93.8 Å². The summed E-state index contributed by atoms with van der Waals surface area (Å²) < 4.78 is 8.81. The van der Waals surface area contributed by atoms with Crippen molar-refractivity contribution in [2.45, 2.75) is 0 Å². The van der Waals surface area contributed by atoms with E-state index in [0.29, 0.717) is 5.89 Å². The molecule has 0 aliphatic carbocycles. The smallest absolute Gasteiger partial charge is 0.227 e. The number of anilines is 3. The monoisotopic (exact) mass is 779 g/mol. The minimum absolute atomic E-state index is 0.630. The predicted octanol–water partition coefficient (Wildman–Crippen LogP) is 15.7. The number of para-hydroxylation sites is 2. The Hall–Kier alpha value is -8.21. The van der Waals surface area contributed by atoms with E-state index in [0.717, 1.165) is 66.8 Å². The van der Waals surface area contributed by atoms with Gasteiger partial charge in [-0.3, -0.25) is 0 Å². The van der Waals surface area contributed by atoms with Gasteiger partial charge in [0, 0.05) is 44.5 Å². The lowest BCUT2D eigenvalue weighted by molar-refractivity contribution is 0.623. The fourth-order valence-electron chi connectivity index (χ4n) is 8.96. The largest absolute Gasteiger partial charge is 0.435 e. The van der Waals surface area contributed by atoms with Crippen LogP contribution in [-0.4, -0.2) is 9.55 Å². The summed E-state index contributed by atoms with van der Waals surface area (Å²) in [5.74, 6) is 0.630. The Morgan fingerprint density at radius 3 is 1.69 bits per heavy atom. The molecule has 0 spiro atoms. The van der Waals surface area contributed by atoms with Gasteiger partial charge in [0.1, 0.15) is 5.52 Å². The lowest BCUT2D eigenvalue weighted by Crippen LogP contribution is -2.10. The van der Waals surface area contributed by atoms with Crippen LogP contribution >= 0.6 is 0 Å². The maximum Gasteiger partial charge on any atom is 0.227 e. The molecule has 286 valence electrons. The number of aromatic nitrogens is 2. The van der Waals surface area contributed by atoms with Gasteiger partial charge in [0.05, 0.1) is 11.0 Å². The molecule has 0 radical (unpaired) electrons. The van der Waals surface area contributed by atoms with Gasteiger partial charge in [-0.2, -0.15) is 0 Å². The van der Waals surface area contributed by atoms with E-state index in [-0.39, 0.29) is 0 Å². The third kappa shape index (κ3) is 6.04. The first-order valence-electron chi connectivity index (χ1n) is 20.7. The van der Waals surface area contributed by atoms with Gasteiger partial charge in [-0.25, -0.2) is 4.98 Å². The van der Waals surface area contributed by atoms with Crippen molar-refractivity contribution in [2.24, 2.45) is 0 Å². The molecule has 0 aliphatic rings. The van der Waals surface area contributed by atoms with Gasteiger partial charge in [-0.1, -0.05) is 140 Å². The summed E-state index contributed by atoms with van der Waals surface area (Å²) in [6.45, 7) is 0. The van der Waals surface area contributed by atoms with E-state index < -0.39 is 0 Å². The van der Waals surface area contributed by atoms with Crippen LogP contribution in [0.2, 0.25) is 0 Å². The molecule has 0 unspecified atom stereocenters. The summed E-state index contributed by atoms with van der Waals surface area (Å²) in [5, 5.41) is 7.10. The number of benzene rings is 10. The predicted molar refractivity (Wildman–Crippen MR) is 254 cm³/mol. The Morgan fingerprint density at radius 2 is 0.934 bits per heavy atom. The van der Waals surface area contributed by atoms with Gasteiger partial charge in [-0.15, -0.1) is 0 Å². The third-order valence-corrected chi connectivity index (χ3v) is 12.0. The first kappa shape index (κ1) is 34.8. The zero-order valence-corrected chi connectivity index (χ0v) is 33.1. The molecule has 10 aromatic carbocycles. The number of hydrogen-bond donors (Lipinski definition) is 0. The van der Waals surface area contributed by atoms with E-state index in [4.69, 9.17) is 9.40 Å². The van der Waals surface area contributed by atoms with Crippen LogP contribution in [0.3, 0.4) is 0 Å². The highest BCUT2D eigenvalue weighted by Gasteiger charge is 2.19. The average Bonchev–Trinajstić information content (AvgIpc) is 3.92. The zero-order valence-electron chi connectivity index (χ0n) is 33.1. The minimum Gasteiger partial charge on any atom is -0.435 e. The topological polar surface area (TPSA) is 34.2 Å². The summed E-state index contributed by atoms with van der Waals surface area (Å²) in [6, 6.07) is 80.2. The number of rotatable bonds is 7. The van der Waals surface area contributed by atoms with Crippen molar-refractivity contribution >= 4 is 71.5 Å². The molecule has 0 atom stereocenters. The minimum atomic E-state index is 0.630. The summed E-state index contributed by atoms with van der Waals surface area (Å²) in [5.41, 5.74) is 13.9. The van der Waals surface area contributed by atoms with E-state index in [2.05, 4.69) is 198 Å². The lowest BCUT2D eigenvalue weighted by atomic mass is 10.00. The van der Waals surface area contributed by atoms with E-state index >= 15 is 0 Å². The molecule has 2 heterocycles. The van der Waals surface area contributed by atoms with Crippen LogP contribution in [0.5, 0.6) is 0 Å². The Balaban J connectivity index is 0.974. The van der Waals surface area contributed by atoms with Crippen LogP contribution in [0, 0.1) is 0 Å². The molecule has 0 aliphatic heterocycles. The first-order chi connectivity index (χ1) is 30.2. The molecule has 4 heteroatoms. The van der Waals surface area contributed by atoms with Crippen LogP contribution in [0.1, 0.15) is 0 Å². The van der Waals surface area contributed by atoms with Crippen molar-refractivity contribution in [2.75, 3.05) is 4.90 Å². The lowest BCUT2D eigenvalue weighted by Gasteiger charge is -2.26. The molecular formula is C57H37N3O. The molecule has 2 aromatic heterocycles. The molecule has 12 rings (SSSR count). The number of hydrogen-bond acceptors (Lipinski definition) is 3. The summed E-state index contributed by atoms with van der Waals surface area (Å²) in [7, 11) is 0. The van der Waals surface area contributed by atoms with Crippen molar-refractivity contribution in [3.63, 3.8) is 0 Å². The zero-order chi connectivity index (χ0) is 40.3. The molecule has 0 fully saturated rings. The molecule has 4 nitrogen and oxygen atoms in total. The normalized spacial score (nSPS) is 11.6. The highest BCUT2D eigenvalue weighted by atomic mass is 16.3. The summed E-state index contributed by atoms with van der Waals surface area (Å²) in [6.07, 6.45) is 0. The fourth-order valence-corrected chi connectivity index (χ4v) is 8.96. The molecule has 0 N–H and O–H groups in total. The van der Waals surface area contributed by atoms with Crippen LogP contribution in [0.4, 0.5) is 17.1 Å². The molecule has 0 amide bonds. The fraction of sp³-hybridized carbons (Fsp3) is 0. The molecule has 0 saturated heterocycles. The van der Waals surface area contributed by atoms with Gasteiger partial charge in [-0.05, 0) is 123 Å². The van der Waals surface area contributed by atoms with Crippen molar-refractivity contribution in [3.8, 4) is 39.4 Å². The van der Waals surface area contributed by atoms with Crippen molar-refractivity contribution < 1.29 is 4.42 Å². The van der Waals surface area contributed by atoms with Gasteiger partial charge in [0.15, 0.2) is 5.58 Å². The van der Waals surface area contributed by atoms with Crippen LogP contribution < -0.4 is 4.90 Å². The van der Waals surface area contributed by atoms with Crippen LogP contribution in [0.15, 0.2) is 229 Å². The second-order valence-corrected chi connectivity index (χ2v) is 15.6. The Kier molecular flexibility index (Phi) is 8.13. The quantitative estimate of drug-likeness (QED) is 0.162. The number of nitrogens with zero attached hydrogens (tertiary/aromatic N) is 3. The van der Waals surface area contributed by atoms with E-state index in [1.54, 1.807) is 0 Å². The molecular weight excluding hydrogens is 743 g/mol. The van der Waals surface area contributed by atoms with Crippen LogP contribution in [-0.2, 0) is 0 Å². The van der Waals surface area contributed by atoms with Crippen molar-refractivity contribution in [3.05, 3.63) is 224 Å². The van der Waals surface area contributed by atoms with Gasteiger partial charge in [0.25, 0.3) is 0 Å². The second kappa shape index (κ2) is 14.3. The molecule has 61 heavy (non-hydrogen) atoms. The SMILES string of the molecule is c1ccc(-c2nc3ccc4ccc(-c5ccc(N(c6ccc(-c7ccc8ccccc8c7)cc6)c6ccc7c8ccccc8n(-c8ccccc8)c7c6)cc5)cc4c3o2)cc1. The van der Waals surface area contributed by atoms with E-state index in [9.17, 15) is 0 Å². The maximum absolute atomic E-state index is 6.43. The first-order valence-corrected chi connectivity index (χ1v) is 20.7. The Bertz CT molecular complexity index is 3570. The van der Waals surface area contributed by atoms with E-state index in [1.807, 2.05) is 36.4 Å². The third-order valence-electron chi connectivity index (χ3n) is 12.0. The van der Waals surface area contributed by atoms with Crippen molar-refractivity contribution in [1.82, 2.24) is 9.55 Å². The van der Waals surface area contributed by atoms with Gasteiger partial charge in [0.2, 0.25) is 5.89 Å². The highest BCUT2D eigenvalue weighted by Crippen LogP contribution is 2.41. The van der Waals surface area contributed by atoms with E-state index in [1.165, 1.54) is 38.2 Å².